The Labute approximate surface area is 76.6 Å². The van der Waals surface area contributed by atoms with Crippen LogP contribution in [0, 0.1) is 0 Å². The second kappa shape index (κ2) is 4.05. The zero-order valence-corrected chi connectivity index (χ0v) is 7.45. The van der Waals surface area contributed by atoms with Crippen LogP contribution in [0.3, 0.4) is 0 Å². The fraction of sp³-hybridized carbons (Fsp3) is 0.300. The molecule has 0 amide bonds. The van der Waals surface area contributed by atoms with Gasteiger partial charge < -0.3 is 10.2 Å². The molecule has 0 saturated carbocycles. The van der Waals surface area contributed by atoms with Gasteiger partial charge in [0.05, 0.1) is 12.2 Å². The van der Waals surface area contributed by atoms with E-state index in [9.17, 15) is 4.79 Å². The first-order valence-corrected chi connectivity index (χ1v) is 4.15. The van der Waals surface area contributed by atoms with E-state index in [0.29, 0.717) is 0 Å². The minimum atomic E-state index is -0.931. The molecule has 0 saturated heterocycles. The van der Waals surface area contributed by atoms with Crippen molar-refractivity contribution in [1.82, 2.24) is 0 Å². The number of carbonyl (C=O) groups is 1. The van der Waals surface area contributed by atoms with Crippen molar-refractivity contribution >= 4 is 5.97 Å². The van der Waals surface area contributed by atoms with Crippen molar-refractivity contribution in [2.45, 2.75) is 20.0 Å². The number of aromatic carboxylic acids is 1. The minimum absolute atomic E-state index is 0.0386. The SMILES string of the molecule is CCc1cc(C(=O)O)ccc1CO. The van der Waals surface area contributed by atoms with E-state index in [1.807, 2.05) is 6.92 Å². The van der Waals surface area contributed by atoms with E-state index in [2.05, 4.69) is 0 Å². The van der Waals surface area contributed by atoms with Crippen molar-refractivity contribution in [2.24, 2.45) is 0 Å². The minimum Gasteiger partial charge on any atom is -0.478 e. The van der Waals surface area contributed by atoms with Gasteiger partial charge in [-0.1, -0.05) is 13.0 Å². The highest BCUT2D eigenvalue weighted by molar-refractivity contribution is 5.87. The summed E-state index contributed by atoms with van der Waals surface area (Å²) in [5, 5.41) is 17.6. The highest BCUT2D eigenvalue weighted by atomic mass is 16.4. The Morgan fingerprint density at radius 1 is 1.38 bits per heavy atom. The highest BCUT2D eigenvalue weighted by Gasteiger charge is 2.05. The van der Waals surface area contributed by atoms with E-state index in [0.717, 1.165) is 17.5 Å². The Bertz CT molecular complexity index is 318. The van der Waals surface area contributed by atoms with Gasteiger partial charge in [0.1, 0.15) is 0 Å². The normalized spacial score (nSPS) is 10.0. The third-order valence-electron chi connectivity index (χ3n) is 2.00. The van der Waals surface area contributed by atoms with Crippen LogP contribution in [0.15, 0.2) is 18.2 Å². The number of rotatable bonds is 3. The largest absolute Gasteiger partial charge is 0.478 e. The van der Waals surface area contributed by atoms with E-state index in [1.165, 1.54) is 6.07 Å². The number of aliphatic hydroxyl groups excluding tert-OH is 1. The van der Waals surface area contributed by atoms with Crippen LogP contribution in [0.25, 0.3) is 0 Å². The summed E-state index contributed by atoms with van der Waals surface area (Å²) in [4.78, 5) is 10.6. The molecule has 0 unspecified atom stereocenters. The Balaban J connectivity index is 3.13. The van der Waals surface area contributed by atoms with Crippen LogP contribution in [-0.4, -0.2) is 16.2 Å². The van der Waals surface area contributed by atoms with Crippen LogP contribution in [0.5, 0.6) is 0 Å². The van der Waals surface area contributed by atoms with Gasteiger partial charge in [0, 0.05) is 0 Å². The zero-order chi connectivity index (χ0) is 9.84. The molecular formula is C10H12O3. The summed E-state index contributed by atoms with van der Waals surface area (Å²) in [6.07, 6.45) is 0.733. The molecule has 0 fully saturated rings. The maximum Gasteiger partial charge on any atom is 0.335 e. The van der Waals surface area contributed by atoms with Gasteiger partial charge in [-0.15, -0.1) is 0 Å². The fourth-order valence-corrected chi connectivity index (χ4v) is 1.24. The second-order valence-electron chi connectivity index (χ2n) is 2.80. The second-order valence-corrected chi connectivity index (χ2v) is 2.80. The Hall–Kier alpha value is -1.35. The molecule has 0 aliphatic rings. The van der Waals surface area contributed by atoms with Crippen LogP contribution in [0.2, 0.25) is 0 Å². The van der Waals surface area contributed by atoms with Gasteiger partial charge in [0.2, 0.25) is 0 Å². The fourth-order valence-electron chi connectivity index (χ4n) is 1.24. The van der Waals surface area contributed by atoms with E-state index in [4.69, 9.17) is 10.2 Å². The lowest BCUT2D eigenvalue weighted by molar-refractivity contribution is 0.0696. The van der Waals surface area contributed by atoms with Crippen molar-refractivity contribution in [3.63, 3.8) is 0 Å². The molecule has 0 aliphatic carbocycles. The molecule has 13 heavy (non-hydrogen) atoms. The van der Waals surface area contributed by atoms with Crippen LogP contribution in [0.1, 0.15) is 28.4 Å². The first-order chi connectivity index (χ1) is 6.19. The molecule has 0 spiro atoms. The van der Waals surface area contributed by atoms with E-state index in [1.54, 1.807) is 12.1 Å². The maximum atomic E-state index is 10.6. The number of aliphatic hydroxyl groups is 1. The average molecular weight is 180 g/mol. The van der Waals surface area contributed by atoms with Crippen molar-refractivity contribution in [3.8, 4) is 0 Å². The Morgan fingerprint density at radius 2 is 2.08 bits per heavy atom. The van der Waals surface area contributed by atoms with E-state index in [-0.39, 0.29) is 12.2 Å². The van der Waals surface area contributed by atoms with Gasteiger partial charge >= 0.3 is 5.97 Å². The molecule has 1 rings (SSSR count). The van der Waals surface area contributed by atoms with E-state index >= 15 is 0 Å². The van der Waals surface area contributed by atoms with Gasteiger partial charge in [-0.2, -0.15) is 0 Å². The van der Waals surface area contributed by atoms with Crippen LogP contribution < -0.4 is 0 Å². The topological polar surface area (TPSA) is 57.5 Å². The lowest BCUT2D eigenvalue weighted by Gasteiger charge is -2.05. The molecule has 3 heteroatoms. The maximum absolute atomic E-state index is 10.6. The third-order valence-corrected chi connectivity index (χ3v) is 2.00. The van der Waals surface area contributed by atoms with Crippen molar-refractivity contribution in [1.29, 1.82) is 0 Å². The first-order valence-electron chi connectivity index (χ1n) is 4.15. The molecule has 1 aromatic rings. The van der Waals surface area contributed by atoms with Crippen LogP contribution >= 0.6 is 0 Å². The summed E-state index contributed by atoms with van der Waals surface area (Å²) in [6, 6.07) is 4.77. The van der Waals surface area contributed by atoms with Crippen molar-refractivity contribution in [3.05, 3.63) is 34.9 Å². The van der Waals surface area contributed by atoms with Crippen LogP contribution in [0.4, 0.5) is 0 Å². The predicted octanol–water partition coefficient (Wildman–Crippen LogP) is 1.44. The molecule has 1 aromatic carbocycles. The smallest absolute Gasteiger partial charge is 0.335 e. The monoisotopic (exact) mass is 180 g/mol. The number of hydrogen-bond acceptors (Lipinski definition) is 2. The van der Waals surface area contributed by atoms with Gasteiger partial charge in [-0.25, -0.2) is 4.79 Å². The van der Waals surface area contributed by atoms with Gasteiger partial charge in [-0.3, -0.25) is 0 Å². The number of aryl methyl sites for hydroxylation is 1. The summed E-state index contributed by atoms with van der Waals surface area (Å²) >= 11 is 0. The number of carboxylic acids is 1. The van der Waals surface area contributed by atoms with E-state index < -0.39 is 5.97 Å². The molecule has 0 radical (unpaired) electrons. The molecular weight excluding hydrogens is 168 g/mol. The standard InChI is InChI=1S/C10H12O3/c1-2-7-5-8(10(12)13)3-4-9(7)6-11/h3-5,11H,2,6H2,1H3,(H,12,13). The molecule has 2 N–H and O–H groups in total. The summed E-state index contributed by atoms with van der Waals surface area (Å²) in [5.41, 5.74) is 1.96. The lowest BCUT2D eigenvalue weighted by atomic mass is 10.0. The number of benzene rings is 1. The summed E-state index contributed by atoms with van der Waals surface area (Å²) < 4.78 is 0. The molecule has 3 nitrogen and oxygen atoms in total. The molecule has 0 aliphatic heterocycles. The molecule has 0 aromatic heterocycles. The highest BCUT2D eigenvalue weighted by Crippen LogP contribution is 2.12. The predicted molar refractivity (Wildman–Crippen MR) is 48.7 cm³/mol. The Kier molecular flexibility index (Phi) is 3.03. The first kappa shape index (κ1) is 9.74. The Morgan fingerprint density at radius 3 is 2.54 bits per heavy atom. The zero-order valence-electron chi connectivity index (χ0n) is 7.45. The van der Waals surface area contributed by atoms with Crippen molar-refractivity contribution < 1.29 is 15.0 Å². The van der Waals surface area contributed by atoms with Crippen LogP contribution in [-0.2, 0) is 13.0 Å². The third kappa shape index (κ3) is 2.06. The lowest BCUT2D eigenvalue weighted by Crippen LogP contribution is -2.00. The van der Waals surface area contributed by atoms with Gasteiger partial charge in [0.15, 0.2) is 0 Å². The molecule has 70 valence electrons. The van der Waals surface area contributed by atoms with Gasteiger partial charge in [0.25, 0.3) is 0 Å². The molecule has 0 heterocycles. The molecule has 0 bridgehead atoms. The molecule has 0 atom stereocenters. The average Bonchev–Trinajstić information content (AvgIpc) is 2.16. The quantitative estimate of drug-likeness (QED) is 0.740. The summed E-state index contributed by atoms with van der Waals surface area (Å²) in [5.74, 6) is -0.931. The van der Waals surface area contributed by atoms with Gasteiger partial charge in [-0.05, 0) is 29.7 Å². The number of carboxylic acid groups (broad SMARTS) is 1. The summed E-state index contributed by atoms with van der Waals surface area (Å²) in [7, 11) is 0. The summed E-state index contributed by atoms with van der Waals surface area (Å²) in [6.45, 7) is 1.89. The van der Waals surface area contributed by atoms with Crippen molar-refractivity contribution in [2.75, 3.05) is 0 Å². The number of hydrogen-bond donors (Lipinski definition) is 2.